The Kier molecular flexibility index (Phi) is 9.73. The largest absolute Gasteiger partial charge is 0.465 e. The van der Waals surface area contributed by atoms with Crippen LogP contribution in [0.15, 0.2) is 60.9 Å². The van der Waals surface area contributed by atoms with E-state index in [-0.39, 0.29) is 18.4 Å². The Morgan fingerprint density at radius 2 is 1.59 bits per heavy atom. The molecule has 2 bridgehead atoms. The molecule has 1 aromatic carbocycles. The topological polar surface area (TPSA) is 174 Å². The lowest BCUT2D eigenvalue weighted by Gasteiger charge is -2.65. The number of nitrogens with zero attached hydrogens (tertiary/aromatic N) is 1. The highest BCUT2D eigenvalue weighted by Gasteiger charge is 2.87. The predicted molar refractivity (Wildman–Crippen MR) is 170 cm³/mol. The van der Waals surface area contributed by atoms with E-state index in [9.17, 15) is 29.1 Å². The van der Waals surface area contributed by atoms with Crippen molar-refractivity contribution in [1.29, 1.82) is 0 Å². The van der Waals surface area contributed by atoms with Crippen molar-refractivity contribution in [2.24, 2.45) is 11.3 Å². The van der Waals surface area contributed by atoms with Crippen LogP contribution in [0.3, 0.4) is 0 Å². The maximum Gasteiger partial charge on any atom is 0.340 e. The summed E-state index contributed by atoms with van der Waals surface area (Å²) in [6, 6.07) is 12.0. The summed E-state index contributed by atoms with van der Waals surface area (Å²) >= 11 is 0. The van der Waals surface area contributed by atoms with E-state index < -0.39 is 89.0 Å². The Morgan fingerprint density at radius 1 is 0.898 bits per heavy atom. The highest BCUT2D eigenvalue weighted by Crippen LogP contribution is 2.69. The number of fused-ring (bicyclic) bond motifs is 1. The van der Waals surface area contributed by atoms with Crippen molar-refractivity contribution in [2.45, 2.75) is 95.6 Å². The van der Waals surface area contributed by atoms with Crippen molar-refractivity contribution in [3.8, 4) is 0 Å². The molecule has 0 unspecified atom stereocenters. The zero-order chi connectivity index (χ0) is 35.8. The van der Waals surface area contributed by atoms with E-state index in [1.165, 1.54) is 44.4 Å². The number of carbonyl (C=O) groups excluding carboxylic acids is 5. The molecule has 49 heavy (non-hydrogen) atoms. The summed E-state index contributed by atoms with van der Waals surface area (Å²) in [5, 5.41) is 12.5. The zero-order valence-electron chi connectivity index (χ0n) is 28.2. The highest BCUT2D eigenvalue weighted by molar-refractivity contribution is 5.89. The first-order chi connectivity index (χ1) is 23.1. The monoisotopic (exact) mass is 679 g/mol. The van der Waals surface area contributed by atoms with Crippen LogP contribution in [-0.2, 0) is 47.6 Å². The summed E-state index contributed by atoms with van der Waals surface area (Å²) in [7, 11) is 0. The number of aliphatic hydroxyl groups is 1. The van der Waals surface area contributed by atoms with Crippen molar-refractivity contribution in [3.63, 3.8) is 0 Å². The van der Waals surface area contributed by atoms with Crippen LogP contribution in [0.2, 0.25) is 0 Å². The first-order valence-corrected chi connectivity index (χ1v) is 16.0. The fourth-order valence-corrected chi connectivity index (χ4v) is 8.05. The summed E-state index contributed by atoms with van der Waals surface area (Å²) < 4.78 is 36.9. The van der Waals surface area contributed by atoms with Crippen LogP contribution >= 0.6 is 0 Å². The number of aromatic nitrogens is 1. The number of hydrogen-bond acceptors (Lipinski definition) is 13. The minimum absolute atomic E-state index is 0.0392. The minimum atomic E-state index is -2.06. The van der Waals surface area contributed by atoms with Gasteiger partial charge in [-0.15, -0.1) is 0 Å². The van der Waals surface area contributed by atoms with Gasteiger partial charge in [-0.05, 0) is 57.4 Å². The number of pyridine rings is 1. The number of rotatable bonds is 9. The molecule has 262 valence electrons. The maximum atomic E-state index is 13.9. The molecule has 13 heteroatoms. The van der Waals surface area contributed by atoms with Gasteiger partial charge in [0.05, 0.1) is 22.7 Å². The minimum Gasteiger partial charge on any atom is -0.465 e. The Labute approximate surface area is 283 Å². The maximum absolute atomic E-state index is 13.9. The Bertz CT molecular complexity index is 1620. The molecule has 5 rings (SSSR count). The van der Waals surface area contributed by atoms with E-state index in [0.717, 1.165) is 13.8 Å². The van der Waals surface area contributed by atoms with Crippen molar-refractivity contribution >= 4 is 35.9 Å². The third-order valence-electron chi connectivity index (χ3n) is 9.78. The molecule has 1 saturated heterocycles. The zero-order valence-corrected chi connectivity index (χ0v) is 28.2. The molecule has 0 radical (unpaired) electrons. The van der Waals surface area contributed by atoms with Crippen molar-refractivity contribution in [2.75, 3.05) is 6.61 Å². The van der Waals surface area contributed by atoms with Gasteiger partial charge in [-0.1, -0.05) is 30.3 Å². The van der Waals surface area contributed by atoms with Gasteiger partial charge in [-0.2, -0.15) is 0 Å². The summed E-state index contributed by atoms with van der Waals surface area (Å²) in [4.78, 5) is 69.7. The van der Waals surface area contributed by atoms with Gasteiger partial charge in [-0.3, -0.25) is 19.4 Å². The summed E-state index contributed by atoms with van der Waals surface area (Å²) in [6.45, 7) is 7.63. The van der Waals surface area contributed by atoms with Crippen LogP contribution in [0, 0.1) is 11.3 Å². The van der Waals surface area contributed by atoms with Gasteiger partial charge >= 0.3 is 29.8 Å². The first kappa shape index (κ1) is 35.7. The van der Waals surface area contributed by atoms with Crippen LogP contribution in [-0.4, -0.2) is 87.8 Å². The molecule has 2 aliphatic carbocycles. The smallest absolute Gasteiger partial charge is 0.340 e. The second-order valence-electron chi connectivity index (χ2n) is 13.4. The molecule has 1 spiro atoms. The summed E-state index contributed by atoms with van der Waals surface area (Å²) in [5.74, 6) is -5.00. The van der Waals surface area contributed by atoms with Gasteiger partial charge in [0, 0.05) is 39.2 Å². The highest BCUT2D eigenvalue weighted by atomic mass is 16.6. The van der Waals surface area contributed by atoms with Gasteiger partial charge in [0.15, 0.2) is 11.7 Å². The van der Waals surface area contributed by atoms with Gasteiger partial charge in [-0.25, -0.2) is 9.59 Å². The third kappa shape index (κ3) is 6.32. The lowest BCUT2D eigenvalue weighted by Crippen LogP contribution is -2.83. The quantitative estimate of drug-likeness (QED) is 0.232. The lowest BCUT2D eigenvalue weighted by molar-refractivity contribution is -0.348. The van der Waals surface area contributed by atoms with Crippen molar-refractivity contribution in [1.82, 2.24) is 4.98 Å². The molecule has 1 aliphatic heterocycles. The third-order valence-corrected chi connectivity index (χ3v) is 9.78. The van der Waals surface area contributed by atoms with Crippen LogP contribution in [0.4, 0.5) is 0 Å². The molecule has 0 amide bonds. The summed E-state index contributed by atoms with van der Waals surface area (Å²) in [5.41, 5.74) is -6.55. The van der Waals surface area contributed by atoms with Gasteiger partial charge in [0.2, 0.25) is 0 Å². The molecule has 3 fully saturated rings. The van der Waals surface area contributed by atoms with Gasteiger partial charge in [0.25, 0.3) is 0 Å². The average molecular weight is 680 g/mol. The molecular weight excluding hydrogens is 638 g/mol. The molecule has 13 nitrogen and oxygen atoms in total. The molecule has 8 atom stereocenters. The Morgan fingerprint density at radius 3 is 2.20 bits per heavy atom. The van der Waals surface area contributed by atoms with E-state index in [0.29, 0.717) is 5.56 Å². The van der Waals surface area contributed by atoms with E-state index in [4.69, 9.17) is 28.4 Å². The predicted octanol–water partition coefficient (Wildman–Crippen LogP) is 3.37. The SMILES string of the molecule is CC(=O)OC[C@@]12[C@@H](OC(=O)/C=C/c3ccccc3)CC[C@](C)(O)[C@]13OC(C)(C)[C@H]([C@@H](OC(C)=O)[C@H]2OC(=O)c1cccnc1)[C@H]3OC(C)=O. The summed E-state index contributed by atoms with van der Waals surface area (Å²) in [6.07, 6.45) is -0.292. The van der Waals surface area contributed by atoms with Gasteiger partial charge < -0.3 is 33.5 Å². The van der Waals surface area contributed by atoms with E-state index in [1.807, 2.05) is 6.07 Å². The van der Waals surface area contributed by atoms with Crippen molar-refractivity contribution < 1.29 is 57.5 Å². The first-order valence-electron chi connectivity index (χ1n) is 16.0. The van der Waals surface area contributed by atoms with Crippen LogP contribution in [0.25, 0.3) is 6.08 Å². The fraction of sp³-hybridized carbons (Fsp3) is 0.500. The van der Waals surface area contributed by atoms with Crippen molar-refractivity contribution in [3.05, 3.63) is 72.1 Å². The van der Waals surface area contributed by atoms with Crippen LogP contribution < -0.4 is 0 Å². The average Bonchev–Trinajstić information content (AvgIpc) is 3.23. The normalized spacial score (nSPS) is 32.8. The second-order valence-corrected chi connectivity index (χ2v) is 13.4. The molecule has 1 N–H and O–H groups in total. The van der Waals surface area contributed by atoms with E-state index in [2.05, 4.69) is 4.98 Å². The molecular formula is C36H41NO12. The number of hydrogen-bond donors (Lipinski definition) is 1. The molecule has 1 aromatic heterocycles. The molecule has 2 aromatic rings. The molecule has 2 saturated carbocycles. The van der Waals surface area contributed by atoms with Crippen LogP contribution in [0.1, 0.15) is 70.3 Å². The van der Waals surface area contributed by atoms with Crippen LogP contribution in [0.5, 0.6) is 0 Å². The molecule has 3 aliphatic rings. The van der Waals surface area contributed by atoms with Gasteiger partial charge in [0.1, 0.15) is 30.3 Å². The number of ether oxygens (including phenoxy) is 6. The number of benzene rings is 1. The lowest BCUT2D eigenvalue weighted by atomic mass is 9.46. The standard InChI is InChI=1S/C36H41NO12/c1-21(38)44-20-35-26(47-27(41)15-14-24-11-8-7-9-12-24)16-17-34(6,43)36(35)30(46-23(3)40)28(33(4,5)49-36)29(45-22(2)39)31(35)48-32(42)25-13-10-18-37-19-25/h7-15,18-19,26,28-31,43H,16-17,20H2,1-6H3/b15-14+/t26-,28+,29+,30+,31+,34-,35-,36-/m0/s1. The fourth-order valence-electron chi connectivity index (χ4n) is 8.05. The Hall–Kier alpha value is -4.62. The molecule has 2 heterocycles. The van der Waals surface area contributed by atoms with E-state index >= 15 is 0 Å². The number of esters is 5. The Balaban J connectivity index is 1.78. The number of carbonyl (C=O) groups is 5. The van der Waals surface area contributed by atoms with E-state index in [1.54, 1.807) is 44.2 Å². The second kappa shape index (κ2) is 13.4.